The normalized spacial score (nSPS) is 12.6. The Bertz CT molecular complexity index is 537. The summed E-state index contributed by atoms with van der Waals surface area (Å²) in [6.45, 7) is 0. The van der Waals surface area contributed by atoms with Crippen molar-refractivity contribution >= 4 is 11.6 Å². The maximum absolute atomic E-state index is 13.7. The standard InChI is InChI=1S/C12H15ClFN5/c1-19-7-9(17-18-19)5-8(16-15)6-10-11(13)3-2-4-12(10)14/h2-4,7-8,16H,5-6,15H2,1H3. The number of nitrogens with two attached hydrogens (primary N) is 1. The van der Waals surface area contributed by atoms with E-state index in [2.05, 4.69) is 15.7 Å². The minimum absolute atomic E-state index is 0.161. The summed E-state index contributed by atoms with van der Waals surface area (Å²) in [5.41, 5.74) is 3.90. The molecule has 0 aliphatic rings. The number of benzene rings is 1. The smallest absolute Gasteiger partial charge is 0.127 e. The van der Waals surface area contributed by atoms with E-state index in [9.17, 15) is 4.39 Å². The highest BCUT2D eigenvalue weighted by molar-refractivity contribution is 6.31. The van der Waals surface area contributed by atoms with Crippen molar-refractivity contribution in [1.82, 2.24) is 20.4 Å². The van der Waals surface area contributed by atoms with E-state index in [0.717, 1.165) is 5.69 Å². The molecule has 1 aromatic carbocycles. The van der Waals surface area contributed by atoms with Crippen molar-refractivity contribution in [2.45, 2.75) is 18.9 Å². The molecule has 102 valence electrons. The Hall–Kier alpha value is -1.50. The van der Waals surface area contributed by atoms with Gasteiger partial charge in [-0.2, -0.15) is 0 Å². The lowest BCUT2D eigenvalue weighted by Crippen LogP contribution is -2.38. The lowest BCUT2D eigenvalue weighted by Gasteiger charge is -2.15. The molecular formula is C12H15ClFN5. The predicted molar refractivity (Wildman–Crippen MR) is 70.9 cm³/mol. The lowest BCUT2D eigenvalue weighted by molar-refractivity contribution is 0.502. The van der Waals surface area contributed by atoms with Crippen LogP contribution >= 0.6 is 11.6 Å². The molecule has 19 heavy (non-hydrogen) atoms. The third kappa shape index (κ3) is 3.50. The average Bonchev–Trinajstić information content (AvgIpc) is 2.78. The van der Waals surface area contributed by atoms with Gasteiger partial charge in [-0.15, -0.1) is 5.10 Å². The van der Waals surface area contributed by atoms with Gasteiger partial charge in [0.2, 0.25) is 0 Å². The van der Waals surface area contributed by atoms with Crippen LogP contribution in [0, 0.1) is 5.82 Å². The summed E-state index contributed by atoms with van der Waals surface area (Å²) in [5.74, 6) is 5.18. The van der Waals surface area contributed by atoms with Crippen molar-refractivity contribution in [3.8, 4) is 0 Å². The van der Waals surface area contributed by atoms with Crippen LogP contribution in [0.2, 0.25) is 5.02 Å². The number of hydrogen-bond donors (Lipinski definition) is 2. The highest BCUT2D eigenvalue weighted by Gasteiger charge is 2.15. The molecule has 0 amide bonds. The zero-order valence-corrected chi connectivity index (χ0v) is 11.2. The number of aromatic nitrogens is 3. The topological polar surface area (TPSA) is 68.8 Å². The molecule has 0 radical (unpaired) electrons. The molecule has 3 N–H and O–H groups in total. The van der Waals surface area contributed by atoms with Crippen LogP contribution in [-0.2, 0) is 19.9 Å². The Labute approximate surface area is 115 Å². The zero-order chi connectivity index (χ0) is 13.8. The van der Waals surface area contributed by atoms with Gasteiger partial charge in [-0.3, -0.25) is 16.0 Å². The first-order chi connectivity index (χ1) is 9.10. The minimum Gasteiger partial charge on any atom is -0.271 e. The van der Waals surface area contributed by atoms with E-state index in [1.807, 2.05) is 0 Å². The summed E-state index contributed by atoms with van der Waals surface area (Å²) in [4.78, 5) is 0. The second-order valence-corrected chi connectivity index (χ2v) is 4.76. The number of nitrogens with one attached hydrogen (secondary N) is 1. The Morgan fingerprint density at radius 2 is 2.26 bits per heavy atom. The van der Waals surface area contributed by atoms with Gasteiger partial charge in [0, 0.05) is 36.3 Å². The van der Waals surface area contributed by atoms with Gasteiger partial charge in [-0.05, 0) is 18.6 Å². The molecule has 1 atom stereocenters. The van der Waals surface area contributed by atoms with Crippen molar-refractivity contribution in [3.63, 3.8) is 0 Å². The first kappa shape index (κ1) is 13.9. The van der Waals surface area contributed by atoms with Gasteiger partial charge in [0.25, 0.3) is 0 Å². The molecule has 2 aromatic rings. The van der Waals surface area contributed by atoms with E-state index in [4.69, 9.17) is 17.4 Å². The molecule has 0 aliphatic carbocycles. The summed E-state index contributed by atoms with van der Waals surface area (Å²) < 4.78 is 15.3. The molecule has 5 nitrogen and oxygen atoms in total. The average molecular weight is 284 g/mol. The van der Waals surface area contributed by atoms with Gasteiger partial charge < -0.3 is 0 Å². The third-order valence-corrected chi connectivity index (χ3v) is 3.21. The number of aryl methyl sites for hydroxylation is 1. The van der Waals surface area contributed by atoms with E-state index >= 15 is 0 Å². The number of halogens is 2. The van der Waals surface area contributed by atoms with E-state index in [0.29, 0.717) is 23.4 Å². The fraction of sp³-hybridized carbons (Fsp3) is 0.333. The Morgan fingerprint density at radius 1 is 1.47 bits per heavy atom. The predicted octanol–water partition coefficient (Wildman–Crippen LogP) is 1.22. The molecule has 0 spiro atoms. The SMILES string of the molecule is Cn1cc(CC(Cc2c(F)cccc2Cl)NN)nn1. The molecule has 1 unspecified atom stereocenters. The fourth-order valence-electron chi connectivity index (χ4n) is 1.91. The highest BCUT2D eigenvalue weighted by Crippen LogP contribution is 2.21. The lowest BCUT2D eigenvalue weighted by atomic mass is 10.0. The molecule has 0 aliphatic heterocycles. The molecule has 1 heterocycles. The summed E-state index contributed by atoms with van der Waals surface area (Å²) in [6, 6.07) is 4.47. The van der Waals surface area contributed by atoms with Crippen LogP contribution in [0.1, 0.15) is 11.3 Å². The monoisotopic (exact) mass is 283 g/mol. The van der Waals surface area contributed by atoms with Crippen molar-refractivity contribution in [2.75, 3.05) is 0 Å². The maximum atomic E-state index is 13.7. The number of nitrogens with zero attached hydrogens (tertiary/aromatic N) is 3. The van der Waals surface area contributed by atoms with Crippen LogP contribution < -0.4 is 11.3 Å². The van der Waals surface area contributed by atoms with E-state index < -0.39 is 0 Å². The summed E-state index contributed by atoms with van der Waals surface area (Å²) in [5, 5.41) is 8.23. The minimum atomic E-state index is -0.327. The van der Waals surface area contributed by atoms with Crippen molar-refractivity contribution < 1.29 is 4.39 Å². The Balaban J connectivity index is 2.11. The first-order valence-corrected chi connectivity index (χ1v) is 6.22. The van der Waals surface area contributed by atoms with Gasteiger partial charge in [0.05, 0.1) is 5.69 Å². The number of hydrogen-bond acceptors (Lipinski definition) is 4. The van der Waals surface area contributed by atoms with E-state index in [-0.39, 0.29) is 11.9 Å². The fourth-order valence-corrected chi connectivity index (χ4v) is 2.15. The van der Waals surface area contributed by atoms with Gasteiger partial charge >= 0.3 is 0 Å². The molecule has 7 heteroatoms. The number of hydrazine groups is 1. The molecule has 1 aromatic heterocycles. The van der Waals surface area contributed by atoms with Crippen LogP contribution in [0.25, 0.3) is 0 Å². The third-order valence-electron chi connectivity index (χ3n) is 2.85. The zero-order valence-electron chi connectivity index (χ0n) is 10.5. The second kappa shape index (κ2) is 6.10. The largest absolute Gasteiger partial charge is 0.271 e. The van der Waals surface area contributed by atoms with Gasteiger partial charge in [0.15, 0.2) is 0 Å². The van der Waals surface area contributed by atoms with Crippen LogP contribution in [0.5, 0.6) is 0 Å². The van der Waals surface area contributed by atoms with Crippen LogP contribution in [0.15, 0.2) is 24.4 Å². The van der Waals surface area contributed by atoms with Crippen LogP contribution in [0.3, 0.4) is 0 Å². The maximum Gasteiger partial charge on any atom is 0.127 e. The molecule has 0 saturated heterocycles. The Kier molecular flexibility index (Phi) is 4.47. The highest BCUT2D eigenvalue weighted by atomic mass is 35.5. The van der Waals surface area contributed by atoms with Gasteiger partial charge in [-0.25, -0.2) is 4.39 Å². The summed E-state index contributed by atoms with van der Waals surface area (Å²) in [6.07, 6.45) is 2.74. The molecular weight excluding hydrogens is 269 g/mol. The van der Waals surface area contributed by atoms with E-state index in [1.165, 1.54) is 6.07 Å². The van der Waals surface area contributed by atoms with Gasteiger partial charge in [-0.1, -0.05) is 22.9 Å². The summed E-state index contributed by atoms with van der Waals surface area (Å²) >= 11 is 6.00. The van der Waals surface area contributed by atoms with E-state index in [1.54, 1.807) is 30.1 Å². The molecule has 0 bridgehead atoms. The quantitative estimate of drug-likeness (QED) is 0.640. The second-order valence-electron chi connectivity index (χ2n) is 4.36. The van der Waals surface area contributed by atoms with Crippen molar-refractivity contribution in [3.05, 3.63) is 46.5 Å². The van der Waals surface area contributed by atoms with Crippen molar-refractivity contribution in [2.24, 2.45) is 12.9 Å². The summed E-state index contributed by atoms with van der Waals surface area (Å²) in [7, 11) is 1.79. The molecule has 0 fully saturated rings. The molecule has 2 rings (SSSR count). The first-order valence-electron chi connectivity index (χ1n) is 5.84. The number of rotatable bonds is 5. The van der Waals surface area contributed by atoms with Gasteiger partial charge in [0.1, 0.15) is 5.82 Å². The van der Waals surface area contributed by atoms with Crippen LogP contribution in [0.4, 0.5) is 4.39 Å². The molecule has 0 saturated carbocycles. The van der Waals surface area contributed by atoms with Crippen LogP contribution in [-0.4, -0.2) is 21.0 Å². The van der Waals surface area contributed by atoms with Crippen molar-refractivity contribution in [1.29, 1.82) is 0 Å². The Morgan fingerprint density at radius 3 is 2.84 bits per heavy atom.